The number of pyridine rings is 1. The summed E-state index contributed by atoms with van der Waals surface area (Å²) in [6.45, 7) is 4.87. The second kappa shape index (κ2) is 11.1. The molecule has 2 fully saturated rings. The van der Waals surface area contributed by atoms with Gasteiger partial charge in [0, 0.05) is 43.5 Å². The van der Waals surface area contributed by atoms with E-state index in [0.717, 1.165) is 49.3 Å². The molecule has 5 rings (SSSR count). The van der Waals surface area contributed by atoms with Gasteiger partial charge in [-0.2, -0.15) is 0 Å². The fraction of sp³-hybridized carbons (Fsp3) is 0.345. The summed E-state index contributed by atoms with van der Waals surface area (Å²) in [6, 6.07) is 18.6. The van der Waals surface area contributed by atoms with Gasteiger partial charge in [-0.05, 0) is 43.0 Å². The van der Waals surface area contributed by atoms with Crippen LogP contribution in [-0.4, -0.2) is 64.8 Å². The highest BCUT2D eigenvalue weighted by Gasteiger charge is 2.40. The lowest BCUT2D eigenvalue weighted by Gasteiger charge is -2.38. The van der Waals surface area contributed by atoms with Gasteiger partial charge in [0.2, 0.25) is 5.88 Å². The molecule has 38 heavy (non-hydrogen) atoms. The van der Waals surface area contributed by atoms with E-state index in [1.807, 2.05) is 42.2 Å². The Morgan fingerprint density at radius 3 is 2.55 bits per heavy atom. The number of piperidine rings is 1. The number of methoxy groups -OCH3 is 1. The van der Waals surface area contributed by atoms with E-state index < -0.39 is 5.97 Å². The van der Waals surface area contributed by atoms with E-state index in [9.17, 15) is 14.7 Å². The molecule has 0 spiro atoms. The molecule has 2 aliphatic rings. The molecule has 2 aromatic carbocycles. The molecule has 1 atom stereocenters. The van der Waals surface area contributed by atoms with Gasteiger partial charge in [0.25, 0.3) is 0 Å². The highest BCUT2D eigenvalue weighted by atomic mass is 16.6. The zero-order valence-corrected chi connectivity index (χ0v) is 21.5. The number of aromatic carboxylic acids is 1. The zero-order chi connectivity index (χ0) is 26.6. The van der Waals surface area contributed by atoms with Crippen molar-refractivity contribution in [3.63, 3.8) is 0 Å². The number of carboxylic acids is 1. The predicted molar refractivity (Wildman–Crippen MR) is 140 cm³/mol. The van der Waals surface area contributed by atoms with E-state index in [-0.39, 0.29) is 29.5 Å². The summed E-state index contributed by atoms with van der Waals surface area (Å²) in [5.74, 6) is 0.0357. The van der Waals surface area contributed by atoms with E-state index in [1.54, 1.807) is 6.07 Å². The fourth-order valence-electron chi connectivity index (χ4n) is 5.19. The Labute approximate surface area is 221 Å². The van der Waals surface area contributed by atoms with Crippen LogP contribution in [0.15, 0.2) is 60.7 Å². The molecule has 9 heteroatoms. The summed E-state index contributed by atoms with van der Waals surface area (Å²) in [4.78, 5) is 32.8. The van der Waals surface area contributed by atoms with Gasteiger partial charge < -0.3 is 19.3 Å². The number of nitrogens with zero attached hydrogens (tertiary/aromatic N) is 3. The van der Waals surface area contributed by atoms with Crippen molar-refractivity contribution in [3.05, 3.63) is 83.0 Å². The summed E-state index contributed by atoms with van der Waals surface area (Å²) in [5, 5.41) is 9.26. The lowest BCUT2D eigenvalue weighted by molar-refractivity contribution is 0.0693. The van der Waals surface area contributed by atoms with E-state index in [0.29, 0.717) is 18.2 Å². The van der Waals surface area contributed by atoms with E-state index >= 15 is 0 Å². The molecule has 1 aromatic heterocycles. The molecule has 3 aromatic rings. The number of carbonyl (C=O) groups excluding carboxylic acids is 1. The summed E-state index contributed by atoms with van der Waals surface area (Å²) in [5.41, 5.74) is 3.16. The van der Waals surface area contributed by atoms with Crippen molar-refractivity contribution in [1.29, 1.82) is 0 Å². The lowest BCUT2D eigenvalue weighted by Crippen LogP contribution is -2.46. The highest BCUT2D eigenvalue weighted by Crippen LogP contribution is 2.33. The molecule has 0 unspecified atom stereocenters. The summed E-state index contributed by atoms with van der Waals surface area (Å²) in [6.07, 6.45) is 1.56. The monoisotopic (exact) mass is 517 g/mol. The number of ether oxygens (including phenoxy) is 3. The Morgan fingerprint density at radius 2 is 1.87 bits per heavy atom. The molecule has 0 radical (unpaired) electrons. The number of carbonyl (C=O) groups is 2. The van der Waals surface area contributed by atoms with Crippen LogP contribution in [0.3, 0.4) is 0 Å². The molecule has 1 N–H and O–H groups in total. The molecule has 2 aliphatic heterocycles. The minimum Gasteiger partial charge on any atom is -0.496 e. The molecule has 0 saturated carbocycles. The van der Waals surface area contributed by atoms with Gasteiger partial charge in [-0.1, -0.05) is 36.4 Å². The number of aromatic nitrogens is 1. The van der Waals surface area contributed by atoms with E-state index in [1.165, 1.54) is 19.2 Å². The van der Waals surface area contributed by atoms with Crippen LogP contribution in [0.1, 0.15) is 46.1 Å². The van der Waals surface area contributed by atoms with Crippen LogP contribution in [0.2, 0.25) is 0 Å². The number of likely N-dealkylation sites (tertiary alicyclic amines) is 1. The number of carboxylic acid groups (broad SMARTS) is 1. The smallest absolute Gasteiger partial charge is 0.410 e. The van der Waals surface area contributed by atoms with Gasteiger partial charge in [0.15, 0.2) is 0 Å². The van der Waals surface area contributed by atoms with Crippen molar-refractivity contribution in [2.45, 2.75) is 38.4 Å². The molecule has 3 heterocycles. The largest absolute Gasteiger partial charge is 0.496 e. The first-order chi connectivity index (χ1) is 18.4. The molecule has 9 nitrogen and oxygen atoms in total. The number of aryl methyl sites for hydroxylation is 1. The van der Waals surface area contributed by atoms with Crippen LogP contribution in [0, 0.1) is 6.92 Å². The van der Waals surface area contributed by atoms with Crippen molar-refractivity contribution in [2.24, 2.45) is 0 Å². The van der Waals surface area contributed by atoms with Gasteiger partial charge in [-0.3, -0.25) is 9.80 Å². The Hall–Kier alpha value is -4.11. The molecule has 0 aliphatic carbocycles. The maximum Gasteiger partial charge on any atom is 0.410 e. The Balaban J connectivity index is 1.19. The number of hydrogen-bond acceptors (Lipinski definition) is 7. The maximum atomic E-state index is 12.6. The number of hydrogen-bond donors (Lipinski definition) is 1. The van der Waals surface area contributed by atoms with Crippen molar-refractivity contribution in [2.75, 3.05) is 26.8 Å². The Morgan fingerprint density at radius 1 is 1.11 bits per heavy atom. The molecule has 0 bridgehead atoms. The third-order valence-electron chi connectivity index (χ3n) is 7.24. The van der Waals surface area contributed by atoms with Crippen LogP contribution in [0.5, 0.6) is 17.4 Å². The quantitative estimate of drug-likeness (QED) is 0.443. The average molecular weight is 518 g/mol. The van der Waals surface area contributed by atoms with Gasteiger partial charge in [0.1, 0.15) is 23.7 Å². The minimum absolute atomic E-state index is 0.0282. The second-order valence-electron chi connectivity index (χ2n) is 9.58. The normalized spacial score (nSPS) is 18.3. The molecule has 198 valence electrons. The number of cyclic esters (lactones) is 1. The maximum absolute atomic E-state index is 12.6. The number of rotatable bonds is 8. The van der Waals surface area contributed by atoms with Crippen LogP contribution >= 0.6 is 0 Å². The van der Waals surface area contributed by atoms with Crippen molar-refractivity contribution >= 4 is 12.1 Å². The summed E-state index contributed by atoms with van der Waals surface area (Å²) in [7, 11) is 1.42. The standard InChI is InChI=1S/C29H31N3O6/c1-19-21(8-11-27(30-19)38-23-9-10-24(28(33)34)26(16-23)36-2)17-31-14-12-22(13-15-31)32-25(18-37-29(32)35)20-6-4-3-5-7-20/h3-11,16,22,25H,12-15,17-18H2,1-2H3,(H,33,34)/t25-/m0/s1. The van der Waals surface area contributed by atoms with E-state index in [4.69, 9.17) is 14.2 Å². The fourth-order valence-corrected chi connectivity index (χ4v) is 5.19. The second-order valence-corrected chi connectivity index (χ2v) is 9.58. The first kappa shape index (κ1) is 25.5. The van der Waals surface area contributed by atoms with E-state index in [2.05, 4.69) is 22.0 Å². The van der Waals surface area contributed by atoms with Crippen molar-refractivity contribution < 1.29 is 28.9 Å². The molecular formula is C29H31N3O6. The first-order valence-corrected chi connectivity index (χ1v) is 12.7. The zero-order valence-electron chi connectivity index (χ0n) is 21.5. The summed E-state index contributed by atoms with van der Waals surface area (Å²) >= 11 is 0. The average Bonchev–Trinajstić information content (AvgIpc) is 3.32. The number of amides is 1. The van der Waals surface area contributed by atoms with Crippen molar-refractivity contribution in [3.8, 4) is 17.4 Å². The molecule has 1 amide bonds. The Bertz CT molecular complexity index is 1310. The molecule has 2 saturated heterocycles. The van der Waals surface area contributed by atoms with Gasteiger partial charge in [0.05, 0.1) is 13.2 Å². The Kier molecular flexibility index (Phi) is 7.46. The lowest BCUT2D eigenvalue weighted by atomic mass is 9.98. The molecular weight excluding hydrogens is 486 g/mol. The SMILES string of the molecule is COc1cc(Oc2ccc(CN3CCC(N4C(=O)OC[C@H]4c4ccccc4)CC3)c(C)n2)ccc1C(=O)O. The summed E-state index contributed by atoms with van der Waals surface area (Å²) < 4.78 is 16.5. The predicted octanol–water partition coefficient (Wildman–Crippen LogP) is 5.05. The third kappa shape index (κ3) is 5.43. The highest BCUT2D eigenvalue weighted by molar-refractivity contribution is 5.91. The van der Waals surface area contributed by atoms with Crippen LogP contribution < -0.4 is 9.47 Å². The third-order valence-corrected chi connectivity index (χ3v) is 7.24. The van der Waals surface area contributed by atoms with Crippen LogP contribution in [0.4, 0.5) is 4.79 Å². The van der Waals surface area contributed by atoms with Gasteiger partial charge >= 0.3 is 12.1 Å². The van der Waals surface area contributed by atoms with Crippen molar-refractivity contribution in [1.82, 2.24) is 14.8 Å². The first-order valence-electron chi connectivity index (χ1n) is 12.7. The number of benzene rings is 2. The van der Waals surface area contributed by atoms with Crippen LogP contribution in [0.25, 0.3) is 0 Å². The van der Waals surface area contributed by atoms with Gasteiger partial charge in [-0.25, -0.2) is 14.6 Å². The van der Waals surface area contributed by atoms with Gasteiger partial charge in [-0.15, -0.1) is 0 Å². The topological polar surface area (TPSA) is 101 Å². The van der Waals surface area contributed by atoms with Crippen LogP contribution in [-0.2, 0) is 11.3 Å². The minimum atomic E-state index is -1.06.